The van der Waals surface area contributed by atoms with Crippen molar-refractivity contribution in [2.24, 2.45) is 0 Å². The van der Waals surface area contributed by atoms with Crippen molar-refractivity contribution in [1.82, 2.24) is 10.1 Å². The van der Waals surface area contributed by atoms with Gasteiger partial charge in [0.2, 0.25) is 5.82 Å². The number of esters is 1. The van der Waals surface area contributed by atoms with Gasteiger partial charge in [0.25, 0.3) is 5.89 Å². The summed E-state index contributed by atoms with van der Waals surface area (Å²) in [5.74, 6) is 0.298. The van der Waals surface area contributed by atoms with Crippen LogP contribution in [0.3, 0.4) is 0 Å². The second-order valence-corrected chi connectivity index (χ2v) is 5.90. The molecule has 6 heteroatoms. The minimum absolute atomic E-state index is 0.0656. The molecule has 0 unspecified atom stereocenters. The molecule has 0 saturated carbocycles. The normalized spacial score (nSPS) is 10.5. The molecule has 0 radical (unpaired) electrons. The number of aromatic nitrogens is 2. The van der Waals surface area contributed by atoms with Gasteiger partial charge >= 0.3 is 5.97 Å². The van der Waals surface area contributed by atoms with E-state index in [2.05, 4.69) is 10.1 Å². The molecule has 0 N–H and O–H groups in total. The Kier molecular flexibility index (Phi) is 4.79. The summed E-state index contributed by atoms with van der Waals surface area (Å²) in [4.78, 5) is 18.4. The zero-order valence-electron chi connectivity index (χ0n) is 14.4. The van der Waals surface area contributed by atoms with Gasteiger partial charge in [-0.05, 0) is 25.1 Å². The maximum Gasteiger partial charge on any atom is 0.338 e. The number of aryl methyl sites for hydroxylation is 1. The highest BCUT2D eigenvalue weighted by Gasteiger charge is 2.13. The van der Waals surface area contributed by atoms with Gasteiger partial charge in [-0.3, -0.25) is 0 Å². The van der Waals surface area contributed by atoms with Gasteiger partial charge in [-0.15, -0.1) is 0 Å². The number of rotatable bonds is 5. The number of nitrogens with zero attached hydrogens (tertiary/aromatic N) is 3. The van der Waals surface area contributed by atoms with Crippen LogP contribution in [0.15, 0.2) is 53.1 Å². The average molecular weight is 337 g/mol. The molecule has 25 heavy (non-hydrogen) atoms. The van der Waals surface area contributed by atoms with Crippen molar-refractivity contribution >= 4 is 11.7 Å². The summed E-state index contributed by atoms with van der Waals surface area (Å²) in [6, 6.07) is 15.0. The maximum absolute atomic E-state index is 12.2. The topological polar surface area (TPSA) is 68.5 Å². The molecule has 2 aromatic carbocycles. The molecule has 0 atom stereocenters. The van der Waals surface area contributed by atoms with E-state index in [1.54, 1.807) is 12.1 Å². The Balaban J connectivity index is 1.65. The first-order chi connectivity index (χ1) is 12.0. The van der Waals surface area contributed by atoms with Crippen molar-refractivity contribution in [1.29, 1.82) is 0 Å². The van der Waals surface area contributed by atoms with Crippen LogP contribution >= 0.6 is 0 Å². The van der Waals surface area contributed by atoms with Crippen LogP contribution in [-0.2, 0) is 11.3 Å². The standard InChI is InChI=1S/C19H19N3O3/c1-13-7-9-14(10-8-13)18-20-17(25-21-18)12-24-19(23)15-5-4-6-16(11-15)22(2)3/h4-11H,12H2,1-3H3. The molecule has 0 aliphatic rings. The quantitative estimate of drug-likeness (QED) is 0.664. The van der Waals surface area contributed by atoms with Crippen molar-refractivity contribution < 1.29 is 14.1 Å². The summed E-state index contributed by atoms with van der Waals surface area (Å²) in [5, 5.41) is 3.92. The molecule has 0 bridgehead atoms. The molecule has 6 nitrogen and oxygen atoms in total. The average Bonchev–Trinajstić information content (AvgIpc) is 3.09. The van der Waals surface area contributed by atoms with Gasteiger partial charge in [0.1, 0.15) is 0 Å². The molecule has 3 aromatic rings. The summed E-state index contributed by atoms with van der Waals surface area (Å²) < 4.78 is 10.4. The Labute approximate surface area is 146 Å². The van der Waals surface area contributed by atoms with E-state index in [-0.39, 0.29) is 12.5 Å². The molecule has 0 saturated heterocycles. The predicted octanol–water partition coefficient (Wildman–Crippen LogP) is 3.47. The van der Waals surface area contributed by atoms with Crippen LogP contribution in [0.2, 0.25) is 0 Å². The first-order valence-electron chi connectivity index (χ1n) is 7.87. The Morgan fingerprint density at radius 2 is 1.92 bits per heavy atom. The van der Waals surface area contributed by atoms with Crippen molar-refractivity contribution in [2.75, 3.05) is 19.0 Å². The van der Waals surface area contributed by atoms with Crippen LogP contribution in [-0.4, -0.2) is 30.2 Å². The van der Waals surface area contributed by atoms with Gasteiger partial charge in [0.15, 0.2) is 6.61 Å². The summed E-state index contributed by atoms with van der Waals surface area (Å²) in [7, 11) is 3.82. The minimum atomic E-state index is -0.432. The van der Waals surface area contributed by atoms with E-state index >= 15 is 0 Å². The van der Waals surface area contributed by atoms with E-state index in [4.69, 9.17) is 9.26 Å². The van der Waals surface area contributed by atoms with E-state index < -0.39 is 5.97 Å². The van der Waals surface area contributed by atoms with Gasteiger partial charge in [0, 0.05) is 25.3 Å². The third kappa shape index (κ3) is 4.03. The zero-order valence-corrected chi connectivity index (χ0v) is 14.4. The molecule has 1 heterocycles. The molecule has 0 spiro atoms. The smallest absolute Gasteiger partial charge is 0.338 e. The highest BCUT2D eigenvalue weighted by atomic mass is 16.6. The predicted molar refractivity (Wildman–Crippen MR) is 94.4 cm³/mol. The van der Waals surface area contributed by atoms with E-state index in [1.807, 2.05) is 62.3 Å². The van der Waals surface area contributed by atoms with Gasteiger partial charge in [-0.1, -0.05) is 41.1 Å². The van der Waals surface area contributed by atoms with E-state index in [0.29, 0.717) is 11.4 Å². The Morgan fingerprint density at radius 3 is 2.64 bits per heavy atom. The van der Waals surface area contributed by atoms with Crippen LogP contribution < -0.4 is 4.90 Å². The second-order valence-electron chi connectivity index (χ2n) is 5.90. The van der Waals surface area contributed by atoms with Gasteiger partial charge in [-0.2, -0.15) is 4.98 Å². The Hall–Kier alpha value is -3.15. The number of hydrogen-bond acceptors (Lipinski definition) is 6. The molecule has 0 aliphatic carbocycles. The fourth-order valence-electron chi connectivity index (χ4n) is 2.26. The Morgan fingerprint density at radius 1 is 1.16 bits per heavy atom. The van der Waals surface area contributed by atoms with Crippen LogP contribution in [0.1, 0.15) is 21.8 Å². The fourth-order valence-corrected chi connectivity index (χ4v) is 2.26. The van der Waals surface area contributed by atoms with E-state index in [1.165, 1.54) is 0 Å². The summed E-state index contributed by atoms with van der Waals surface area (Å²) >= 11 is 0. The SMILES string of the molecule is Cc1ccc(-c2noc(COC(=O)c3cccc(N(C)C)c3)n2)cc1. The number of anilines is 1. The number of hydrogen-bond donors (Lipinski definition) is 0. The molecular formula is C19H19N3O3. The van der Waals surface area contributed by atoms with Gasteiger partial charge in [0.05, 0.1) is 5.56 Å². The molecule has 3 rings (SSSR count). The lowest BCUT2D eigenvalue weighted by molar-refractivity contribution is 0.0430. The van der Waals surface area contributed by atoms with Crippen LogP contribution in [0, 0.1) is 6.92 Å². The molecule has 1 aromatic heterocycles. The first-order valence-corrected chi connectivity index (χ1v) is 7.87. The number of carbonyl (C=O) groups is 1. The van der Waals surface area contributed by atoms with Crippen molar-refractivity contribution in [3.63, 3.8) is 0 Å². The number of ether oxygens (including phenoxy) is 1. The molecule has 0 aliphatic heterocycles. The van der Waals surface area contributed by atoms with E-state index in [0.717, 1.165) is 16.8 Å². The number of benzene rings is 2. The fraction of sp³-hybridized carbons (Fsp3) is 0.211. The molecule has 128 valence electrons. The third-order valence-electron chi connectivity index (χ3n) is 3.70. The lowest BCUT2D eigenvalue weighted by atomic mass is 10.1. The maximum atomic E-state index is 12.2. The number of carbonyl (C=O) groups excluding carboxylic acids is 1. The van der Waals surface area contributed by atoms with Crippen molar-refractivity contribution in [3.8, 4) is 11.4 Å². The highest BCUT2D eigenvalue weighted by Crippen LogP contribution is 2.18. The minimum Gasteiger partial charge on any atom is -0.452 e. The third-order valence-corrected chi connectivity index (χ3v) is 3.70. The summed E-state index contributed by atoms with van der Waals surface area (Å²) in [5.41, 5.74) is 3.41. The molecule has 0 fully saturated rings. The van der Waals surface area contributed by atoms with E-state index in [9.17, 15) is 4.79 Å². The monoisotopic (exact) mass is 337 g/mol. The van der Waals surface area contributed by atoms with Crippen LogP contribution in [0.5, 0.6) is 0 Å². The van der Waals surface area contributed by atoms with Gasteiger partial charge < -0.3 is 14.2 Å². The lowest BCUT2D eigenvalue weighted by Gasteiger charge is -2.12. The first kappa shape index (κ1) is 16.7. The highest BCUT2D eigenvalue weighted by molar-refractivity contribution is 5.90. The molecular weight excluding hydrogens is 318 g/mol. The van der Waals surface area contributed by atoms with Crippen molar-refractivity contribution in [3.05, 3.63) is 65.5 Å². The molecule has 0 amide bonds. The lowest BCUT2D eigenvalue weighted by Crippen LogP contribution is -2.11. The van der Waals surface area contributed by atoms with Crippen LogP contribution in [0.25, 0.3) is 11.4 Å². The van der Waals surface area contributed by atoms with Gasteiger partial charge in [-0.25, -0.2) is 4.79 Å². The summed E-state index contributed by atoms with van der Waals surface area (Å²) in [6.07, 6.45) is 0. The summed E-state index contributed by atoms with van der Waals surface area (Å²) in [6.45, 7) is 1.94. The largest absolute Gasteiger partial charge is 0.452 e. The van der Waals surface area contributed by atoms with Crippen molar-refractivity contribution in [2.45, 2.75) is 13.5 Å². The Bertz CT molecular complexity index is 870. The second kappa shape index (κ2) is 7.17. The van der Waals surface area contributed by atoms with Crippen LogP contribution in [0.4, 0.5) is 5.69 Å². The zero-order chi connectivity index (χ0) is 17.8.